The van der Waals surface area contributed by atoms with Crippen LogP contribution in [0.2, 0.25) is 0 Å². The van der Waals surface area contributed by atoms with Crippen molar-refractivity contribution in [3.63, 3.8) is 0 Å². The van der Waals surface area contributed by atoms with Gasteiger partial charge >= 0.3 is 0 Å². The minimum Gasteiger partial charge on any atom is -0.0590 e. The average Bonchev–Trinajstić information content (AvgIpc) is 3.09. The van der Waals surface area contributed by atoms with Crippen molar-refractivity contribution in [1.82, 2.24) is 0 Å². The highest BCUT2D eigenvalue weighted by atomic mass is 15.4. The first-order chi connectivity index (χ1) is 12.6. The van der Waals surface area contributed by atoms with Crippen LogP contribution in [-0.4, -0.2) is 16.6 Å². The molecule has 0 saturated heterocycles. The maximum Gasteiger partial charge on any atom is 0.237 e. The van der Waals surface area contributed by atoms with Gasteiger partial charge in [-0.15, -0.1) is 0 Å². The molecule has 1 aliphatic rings. The fourth-order valence-electron chi connectivity index (χ4n) is 3.24. The van der Waals surface area contributed by atoms with E-state index >= 15 is 0 Å². The third-order valence-electron chi connectivity index (χ3n) is 4.88. The summed E-state index contributed by atoms with van der Waals surface area (Å²) in [6.07, 6.45) is 2.21. The Kier molecular flexibility index (Phi) is 4.26. The first kappa shape index (κ1) is 16.5. The fraction of sp³-hybridized carbons (Fsp3) is 0.167. The van der Waals surface area contributed by atoms with Crippen LogP contribution in [0.4, 0.5) is 5.69 Å². The average molecular weight is 339 g/mol. The monoisotopic (exact) mass is 339 g/mol. The topological polar surface area (TPSA) is 15.4 Å². The van der Waals surface area contributed by atoms with Crippen molar-refractivity contribution < 1.29 is 4.68 Å². The fourth-order valence-corrected chi connectivity index (χ4v) is 3.24. The van der Waals surface area contributed by atoms with E-state index in [0.29, 0.717) is 0 Å². The molecule has 128 valence electrons. The molecule has 0 aliphatic carbocycles. The zero-order valence-electron chi connectivity index (χ0n) is 15.5. The summed E-state index contributed by atoms with van der Waals surface area (Å²) >= 11 is 0. The minimum atomic E-state index is 0.152. The van der Waals surface area contributed by atoms with Crippen LogP contribution in [0, 0.1) is 20.8 Å². The van der Waals surface area contributed by atoms with E-state index in [2.05, 4.69) is 99.8 Å². The van der Waals surface area contributed by atoms with Crippen molar-refractivity contribution >= 4 is 17.6 Å². The molecule has 2 nitrogen and oxygen atoms in total. The zero-order valence-corrected chi connectivity index (χ0v) is 15.5. The highest BCUT2D eigenvalue weighted by molar-refractivity contribution is 6.14. The summed E-state index contributed by atoms with van der Waals surface area (Å²) in [7, 11) is 0. The molecule has 1 aliphatic heterocycles. The van der Waals surface area contributed by atoms with E-state index in [9.17, 15) is 0 Å². The van der Waals surface area contributed by atoms with Crippen LogP contribution in [0.5, 0.6) is 0 Å². The second kappa shape index (κ2) is 6.72. The lowest BCUT2D eigenvalue weighted by Crippen LogP contribution is -2.12. The molecule has 0 bridgehead atoms. The number of hydrogen-bond acceptors (Lipinski definition) is 1. The van der Waals surface area contributed by atoms with Crippen molar-refractivity contribution in [2.75, 3.05) is 0 Å². The molecule has 0 saturated carbocycles. The Bertz CT molecular complexity index is 976. The lowest BCUT2D eigenvalue weighted by Gasteiger charge is -2.08. The molecular formula is C24H23N2+. The maximum atomic E-state index is 4.96. The number of rotatable bonds is 3. The van der Waals surface area contributed by atoms with Crippen molar-refractivity contribution in [1.29, 1.82) is 0 Å². The van der Waals surface area contributed by atoms with Gasteiger partial charge in [-0.1, -0.05) is 82.0 Å². The maximum absolute atomic E-state index is 4.96. The van der Waals surface area contributed by atoms with Crippen molar-refractivity contribution in [2.24, 2.45) is 5.10 Å². The van der Waals surface area contributed by atoms with Crippen LogP contribution < -0.4 is 0 Å². The summed E-state index contributed by atoms with van der Waals surface area (Å²) in [6, 6.07) is 25.9. The molecule has 0 aromatic heterocycles. The molecule has 2 heteroatoms. The predicted octanol–water partition coefficient (Wildman–Crippen LogP) is 5.53. The molecule has 0 amide bonds. The lowest BCUT2D eigenvalue weighted by molar-refractivity contribution is -0.437. The van der Waals surface area contributed by atoms with E-state index in [1.54, 1.807) is 0 Å². The Balaban J connectivity index is 1.80. The lowest BCUT2D eigenvalue weighted by atomic mass is 9.90. The molecular weight excluding hydrogens is 316 g/mol. The standard InChI is InChI=1S/C24H23N2/c1-17-4-10-20(11-5-17)23-16-26(22-14-8-19(3)9-15-22)25-24(23)21-12-6-18(2)7-13-21/h4-16,23H,1-3H3/q+1. The van der Waals surface area contributed by atoms with E-state index in [0.717, 1.165) is 11.4 Å². The van der Waals surface area contributed by atoms with E-state index in [4.69, 9.17) is 5.10 Å². The first-order valence-electron chi connectivity index (χ1n) is 9.03. The Labute approximate surface area is 155 Å². The molecule has 3 aromatic rings. The largest absolute Gasteiger partial charge is 0.237 e. The summed E-state index contributed by atoms with van der Waals surface area (Å²) < 4.78 is 2.01. The Morgan fingerprint density at radius 3 is 1.73 bits per heavy atom. The zero-order chi connectivity index (χ0) is 18.1. The minimum absolute atomic E-state index is 0.152. The van der Waals surface area contributed by atoms with Gasteiger partial charge in [0.25, 0.3) is 0 Å². The summed E-state index contributed by atoms with van der Waals surface area (Å²) in [5.41, 5.74) is 8.42. The molecule has 1 heterocycles. The van der Waals surface area contributed by atoms with E-state index in [-0.39, 0.29) is 5.92 Å². The van der Waals surface area contributed by atoms with Gasteiger partial charge in [-0.2, -0.15) is 0 Å². The highest BCUT2D eigenvalue weighted by Gasteiger charge is 2.31. The summed E-state index contributed by atoms with van der Waals surface area (Å²) in [6.45, 7) is 6.34. The van der Waals surface area contributed by atoms with Crippen LogP contribution in [0.3, 0.4) is 0 Å². The van der Waals surface area contributed by atoms with Gasteiger partial charge in [0.15, 0.2) is 6.21 Å². The molecule has 3 aromatic carbocycles. The number of hydrogen-bond donors (Lipinski definition) is 0. The number of hydrazone groups is 1. The number of aryl methyl sites for hydroxylation is 3. The predicted molar refractivity (Wildman–Crippen MR) is 109 cm³/mol. The van der Waals surface area contributed by atoms with Gasteiger partial charge in [0, 0.05) is 22.8 Å². The van der Waals surface area contributed by atoms with Crippen molar-refractivity contribution in [3.8, 4) is 0 Å². The smallest absolute Gasteiger partial charge is 0.0590 e. The first-order valence-corrected chi connectivity index (χ1v) is 9.03. The third kappa shape index (κ3) is 3.23. The normalized spacial score (nSPS) is 16.3. The van der Waals surface area contributed by atoms with Gasteiger partial charge in [0.2, 0.25) is 5.69 Å². The van der Waals surface area contributed by atoms with Crippen molar-refractivity contribution in [2.45, 2.75) is 26.7 Å². The quantitative estimate of drug-likeness (QED) is 0.558. The highest BCUT2D eigenvalue weighted by Crippen LogP contribution is 2.28. The van der Waals surface area contributed by atoms with Gasteiger partial charge in [-0.05, 0) is 26.3 Å². The van der Waals surface area contributed by atoms with Gasteiger partial charge in [0.05, 0.1) is 0 Å². The SMILES string of the molecule is Cc1ccc(C2=N[N+](c3ccc(C)cc3)=CC2c2ccc(C)cc2)cc1. The molecule has 0 radical (unpaired) electrons. The second-order valence-corrected chi connectivity index (χ2v) is 7.07. The van der Waals surface area contributed by atoms with Gasteiger partial charge in [-0.3, -0.25) is 0 Å². The summed E-state index contributed by atoms with van der Waals surface area (Å²) in [4.78, 5) is 0. The van der Waals surface area contributed by atoms with Crippen molar-refractivity contribution in [3.05, 3.63) is 101 Å². The Morgan fingerprint density at radius 1 is 0.654 bits per heavy atom. The Morgan fingerprint density at radius 2 is 1.15 bits per heavy atom. The van der Waals surface area contributed by atoms with E-state index in [1.165, 1.54) is 27.8 Å². The molecule has 4 rings (SSSR count). The Hall–Kier alpha value is -3.00. The van der Waals surface area contributed by atoms with Crippen LogP contribution >= 0.6 is 0 Å². The third-order valence-corrected chi connectivity index (χ3v) is 4.88. The van der Waals surface area contributed by atoms with Gasteiger partial charge in [-0.25, -0.2) is 0 Å². The molecule has 0 spiro atoms. The number of nitrogens with zero attached hydrogens (tertiary/aromatic N) is 2. The van der Waals surface area contributed by atoms with Gasteiger partial charge < -0.3 is 0 Å². The second-order valence-electron chi connectivity index (χ2n) is 7.07. The van der Waals surface area contributed by atoms with Gasteiger partial charge in [0.1, 0.15) is 11.6 Å². The number of benzene rings is 3. The van der Waals surface area contributed by atoms with Crippen LogP contribution in [0.15, 0.2) is 77.9 Å². The molecule has 1 unspecified atom stereocenters. The van der Waals surface area contributed by atoms with Crippen LogP contribution in [0.25, 0.3) is 0 Å². The summed E-state index contributed by atoms with van der Waals surface area (Å²) in [5, 5.41) is 4.96. The molecule has 1 atom stereocenters. The van der Waals surface area contributed by atoms with Crippen LogP contribution in [-0.2, 0) is 0 Å². The van der Waals surface area contributed by atoms with E-state index in [1.807, 2.05) is 4.68 Å². The van der Waals surface area contributed by atoms with E-state index < -0.39 is 0 Å². The molecule has 0 N–H and O–H groups in total. The molecule has 26 heavy (non-hydrogen) atoms. The van der Waals surface area contributed by atoms with Crippen LogP contribution in [0.1, 0.15) is 33.7 Å². The molecule has 0 fully saturated rings. The summed E-state index contributed by atoms with van der Waals surface area (Å²) in [5.74, 6) is 0.152.